The Hall–Kier alpha value is -1.61. The van der Waals surface area contributed by atoms with Gasteiger partial charge in [-0.05, 0) is 17.6 Å². The fourth-order valence-corrected chi connectivity index (χ4v) is 2.50. The molecule has 0 atom stereocenters. The van der Waals surface area contributed by atoms with E-state index in [0.717, 1.165) is 27.4 Å². The van der Waals surface area contributed by atoms with Crippen LogP contribution < -0.4 is 4.74 Å². The molecule has 0 bridgehead atoms. The summed E-state index contributed by atoms with van der Waals surface area (Å²) in [5.41, 5.74) is 1.07. The molecule has 0 radical (unpaired) electrons. The second-order valence-corrected chi connectivity index (χ2v) is 4.01. The molecular formula is C12H9NOS. The molecular weight excluding hydrogens is 206 g/mol. The molecule has 0 aliphatic heterocycles. The van der Waals surface area contributed by atoms with Gasteiger partial charge in [0.2, 0.25) is 0 Å². The minimum absolute atomic E-state index is 0.915. The van der Waals surface area contributed by atoms with Crippen LogP contribution in [0.2, 0.25) is 0 Å². The Morgan fingerprint density at radius 1 is 1.20 bits per heavy atom. The van der Waals surface area contributed by atoms with Crippen LogP contribution >= 0.6 is 11.5 Å². The van der Waals surface area contributed by atoms with Crippen molar-refractivity contribution in [2.75, 3.05) is 7.11 Å². The van der Waals surface area contributed by atoms with Crippen LogP contribution in [-0.4, -0.2) is 11.5 Å². The van der Waals surface area contributed by atoms with Crippen LogP contribution in [0.3, 0.4) is 0 Å². The molecule has 1 aromatic heterocycles. The number of rotatable bonds is 1. The number of aromatic nitrogens is 1. The second-order valence-electron chi connectivity index (χ2n) is 3.38. The summed E-state index contributed by atoms with van der Waals surface area (Å²) in [7, 11) is 1.70. The van der Waals surface area contributed by atoms with Crippen molar-refractivity contribution in [2.45, 2.75) is 0 Å². The average molecular weight is 215 g/mol. The van der Waals surface area contributed by atoms with Crippen LogP contribution in [0.1, 0.15) is 0 Å². The molecule has 0 aliphatic rings. The Labute approximate surface area is 91.3 Å². The minimum atomic E-state index is 0.915. The van der Waals surface area contributed by atoms with E-state index in [-0.39, 0.29) is 0 Å². The Balaban J connectivity index is 2.58. The van der Waals surface area contributed by atoms with E-state index in [2.05, 4.69) is 16.5 Å². The zero-order valence-electron chi connectivity index (χ0n) is 8.23. The summed E-state index contributed by atoms with van der Waals surface area (Å²) in [4.78, 5) is 0. The number of nitrogens with zero attached hydrogens (tertiary/aromatic N) is 1. The monoisotopic (exact) mass is 215 g/mol. The van der Waals surface area contributed by atoms with E-state index in [1.54, 1.807) is 7.11 Å². The van der Waals surface area contributed by atoms with E-state index in [1.165, 1.54) is 11.5 Å². The first kappa shape index (κ1) is 8.68. The summed E-state index contributed by atoms with van der Waals surface area (Å²) in [5.74, 6) is 0.915. The molecule has 0 saturated heterocycles. The molecule has 3 rings (SSSR count). The maximum atomic E-state index is 5.38. The van der Waals surface area contributed by atoms with E-state index in [9.17, 15) is 0 Å². The number of hydrogen-bond acceptors (Lipinski definition) is 3. The van der Waals surface area contributed by atoms with Gasteiger partial charge in [0.05, 0.1) is 12.6 Å². The van der Waals surface area contributed by atoms with Crippen LogP contribution in [-0.2, 0) is 0 Å². The van der Waals surface area contributed by atoms with Crippen molar-refractivity contribution in [1.29, 1.82) is 0 Å². The van der Waals surface area contributed by atoms with Gasteiger partial charge in [-0.15, -0.1) is 0 Å². The van der Waals surface area contributed by atoms with Crippen molar-refractivity contribution in [2.24, 2.45) is 0 Å². The van der Waals surface area contributed by atoms with Gasteiger partial charge in [-0.3, -0.25) is 0 Å². The first-order valence-electron chi connectivity index (χ1n) is 4.70. The van der Waals surface area contributed by atoms with Gasteiger partial charge >= 0.3 is 0 Å². The van der Waals surface area contributed by atoms with Gasteiger partial charge in [0.15, 0.2) is 0 Å². The van der Waals surface area contributed by atoms with Crippen LogP contribution in [0.4, 0.5) is 0 Å². The van der Waals surface area contributed by atoms with Crippen molar-refractivity contribution < 1.29 is 4.74 Å². The molecule has 3 aromatic rings. The molecule has 0 spiro atoms. The fourth-order valence-electron chi connectivity index (χ4n) is 1.84. The highest BCUT2D eigenvalue weighted by atomic mass is 32.1. The highest BCUT2D eigenvalue weighted by Crippen LogP contribution is 2.33. The van der Waals surface area contributed by atoms with Gasteiger partial charge < -0.3 is 4.74 Å². The molecule has 74 valence electrons. The molecule has 1 heterocycles. The number of fused-ring (bicyclic) bond motifs is 3. The lowest BCUT2D eigenvalue weighted by Gasteiger charge is -2.05. The Bertz CT molecular complexity index is 630. The molecule has 0 amide bonds. The predicted octanol–water partition coefficient (Wildman–Crippen LogP) is 3.46. The van der Waals surface area contributed by atoms with Crippen molar-refractivity contribution in [3.05, 3.63) is 35.7 Å². The molecule has 0 N–H and O–H groups in total. The van der Waals surface area contributed by atoms with Crippen LogP contribution in [0.15, 0.2) is 35.7 Å². The maximum Gasteiger partial charge on any atom is 0.127 e. The Morgan fingerprint density at radius 3 is 2.80 bits per heavy atom. The highest BCUT2D eigenvalue weighted by Gasteiger charge is 2.07. The van der Waals surface area contributed by atoms with Crippen molar-refractivity contribution in [3.8, 4) is 5.75 Å². The summed E-state index contributed by atoms with van der Waals surface area (Å²) in [6.07, 6.45) is 0. The Morgan fingerprint density at radius 2 is 2.00 bits per heavy atom. The molecule has 3 heteroatoms. The van der Waals surface area contributed by atoms with Crippen LogP contribution in [0, 0.1) is 0 Å². The van der Waals surface area contributed by atoms with Crippen LogP contribution in [0.25, 0.3) is 21.7 Å². The summed E-state index contributed by atoms with van der Waals surface area (Å²) in [6.45, 7) is 0. The van der Waals surface area contributed by atoms with Gasteiger partial charge in [-0.25, -0.2) is 0 Å². The van der Waals surface area contributed by atoms with Gasteiger partial charge in [-0.2, -0.15) is 4.37 Å². The van der Waals surface area contributed by atoms with E-state index in [1.807, 2.05) is 23.6 Å². The van der Waals surface area contributed by atoms with E-state index in [0.29, 0.717) is 0 Å². The predicted molar refractivity (Wildman–Crippen MR) is 63.7 cm³/mol. The quantitative estimate of drug-likeness (QED) is 0.620. The molecule has 0 fully saturated rings. The first-order chi connectivity index (χ1) is 7.40. The lowest BCUT2D eigenvalue weighted by Crippen LogP contribution is -1.85. The van der Waals surface area contributed by atoms with Gasteiger partial charge in [0.25, 0.3) is 0 Å². The average Bonchev–Trinajstić information content (AvgIpc) is 2.76. The number of ether oxygens (including phenoxy) is 1. The Kier molecular flexibility index (Phi) is 1.86. The molecule has 2 aromatic carbocycles. The van der Waals surface area contributed by atoms with Crippen molar-refractivity contribution in [1.82, 2.24) is 4.37 Å². The zero-order chi connectivity index (χ0) is 10.3. The molecule has 0 unspecified atom stereocenters. The standard InChI is InChI=1S/C12H9NOS/c1-14-11-6-8-7-15-13-12(8)10-5-3-2-4-9(10)11/h2-7H,1H3. The second kappa shape index (κ2) is 3.21. The number of hydrogen-bond donors (Lipinski definition) is 0. The van der Waals surface area contributed by atoms with E-state index in [4.69, 9.17) is 4.74 Å². The van der Waals surface area contributed by atoms with E-state index < -0.39 is 0 Å². The summed E-state index contributed by atoms with van der Waals surface area (Å²) >= 11 is 1.48. The SMILES string of the molecule is COc1cc2csnc2c2ccccc12. The first-order valence-corrected chi connectivity index (χ1v) is 5.53. The normalized spacial score (nSPS) is 11.0. The van der Waals surface area contributed by atoms with E-state index >= 15 is 0 Å². The summed E-state index contributed by atoms with van der Waals surface area (Å²) in [6, 6.07) is 10.2. The van der Waals surface area contributed by atoms with Gasteiger partial charge in [0.1, 0.15) is 5.75 Å². The maximum absolute atomic E-state index is 5.38. The third kappa shape index (κ3) is 1.20. The van der Waals surface area contributed by atoms with Gasteiger partial charge in [-0.1, -0.05) is 24.3 Å². The lowest BCUT2D eigenvalue weighted by atomic mass is 10.1. The lowest BCUT2D eigenvalue weighted by molar-refractivity contribution is 0.420. The topological polar surface area (TPSA) is 22.1 Å². The third-order valence-electron chi connectivity index (χ3n) is 2.55. The van der Waals surface area contributed by atoms with Crippen LogP contribution in [0.5, 0.6) is 5.75 Å². The molecule has 15 heavy (non-hydrogen) atoms. The summed E-state index contributed by atoms with van der Waals surface area (Å²) in [5, 5.41) is 5.48. The largest absolute Gasteiger partial charge is 0.496 e. The number of benzene rings is 2. The third-order valence-corrected chi connectivity index (χ3v) is 3.20. The van der Waals surface area contributed by atoms with Crippen molar-refractivity contribution >= 4 is 33.2 Å². The van der Waals surface area contributed by atoms with Crippen molar-refractivity contribution in [3.63, 3.8) is 0 Å². The molecule has 2 nitrogen and oxygen atoms in total. The summed E-state index contributed by atoms with van der Waals surface area (Å²) < 4.78 is 9.79. The zero-order valence-corrected chi connectivity index (χ0v) is 9.04. The molecule has 0 aliphatic carbocycles. The highest BCUT2D eigenvalue weighted by molar-refractivity contribution is 7.04. The number of methoxy groups -OCH3 is 1. The molecule has 0 saturated carbocycles. The van der Waals surface area contributed by atoms with Gasteiger partial charge in [0, 0.05) is 21.5 Å². The fraction of sp³-hybridized carbons (Fsp3) is 0.0833. The smallest absolute Gasteiger partial charge is 0.127 e. The minimum Gasteiger partial charge on any atom is -0.496 e.